The topological polar surface area (TPSA) is 86.5 Å². The van der Waals surface area contributed by atoms with Crippen molar-refractivity contribution in [1.82, 2.24) is 15.5 Å². The van der Waals surface area contributed by atoms with Crippen LogP contribution in [0.15, 0.2) is 40.2 Å². The third-order valence-corrected chi connectivity index (χ3v) is 5.26. The van der Waals surface area contributed by atoms with Gasteiger partial charge in [-0.15, -0.1) is 11.3 Å². The SMILES string of the molecule is COc1cccc2c1OCC(C(=O)NCc1noc(Cc3cccs3)n1)C2. The number of nitrogens with zero attached hydrogens (tertiary/aromatic N) is 2. The summed E-state index contributed by atoms with van der Waals surface area (Å²) in [4.78, 5) is 18.0. The van der Waals surface area contributed by atoms with E-state index in [4.69, 9.17) is 14.0 Å². The molecule has 7 nitrogen and oxygen atoms in total. The number of benzene rings is 1. The first-order valence-electron chi connectivity index (χ1n) is 8.63. The molecule has 0 spiro atoms. The zero-order valence-electron chi connectivity index (χ0n) is 14.8. The maximum atomic E-state index is 12.5. The fourth-order valence-corrected chi connectivity index (χ4v) is 3.73. The molecule has 8 heteroatoms. The number of carbonyl (C=O) groups excluding carboxylic acids is 1. The largest absolute Gasteiger partial charge is 0.493 e. The third-order valence-electron chi connectivity index (χ3n) is 4.38. The highest BCUT2D eigenvalue weighted by atomic mass is 32.1. The van der Waals surface area contributed by atoms with Crippen LogP contribution in [-0.4, -0.2) is 29.8 Å². The Bertz CT molecular complexity index is 923. The molecular formula is C19H19N3O4S. The molecule has 3 heterocycles. The first kappa shape index (κ1) is 17.5. The van der Waals surface area contributed by atoms with Gasteiger partial charge in [0.1, 0.15) is 6.61 Å². The van der Waals surface area contributed by atoms with Gasteiger partial charge in [0.05, 0.1) is 26.0 Å². The lowest BCUT2D eigenvalue weighted by molar-refractivity contribution is -0.126. The standard InChI is InChI=1S/C19H19N3O4S/c1-24-15-6-2-4-12-8-13(11-25-18(12)15)19(23)20-10-16-21-17(26-22-16)9-14-5-3-7-27-14/h2-7,13H,8-11H2,1H3,(H,20,23). The van der Waals surface area contributed by atoms with Gasteiger partial charge >= 0.3 is 0 Å². The number of hydrogen-bond acceptors (Lipinski definition) is 7. The molecule has 0 saturated carbocycles. The maximum Gasteiger partial charge on any atom is 0.231 e. The molecule has 3 aromatic rings. The Morgan fingerprint density at radius 2 is 2.30 bits per heavy atom. The average molecular weight is 385 g/mol. The number of carbonyl (C=O) groups is 1. The molecule has 0 fully saturated rings. The molecule has 0 aliphatic carbocycles. The van der Waals surface area contributed by atoms with Gasteiger partial charge in [-0.25, -0.2) is 0 Å². The van der Waals surface area contributed by atoms with Crippen molar-refractivity contribution in [2.75, 3.05) is 13.7 Å². The first-order chi connectivity index (χ1) is 13.2. The van der Waals surface area contributed by atoms with Crippen LogP contribution >= 0.6 is 11.3 Å². The zero-order chi connectivity index (χ0) is 18.6. The van der Waals surface area contributed by atoms with Crippen LogP contribution in [0.25, 0.3) is 0 Å². The maximum absolute atomic E-state index is 12.5. The number of ether oxygens (including phenoxy) is 2. The van der Waals surface area contributed by atoms with Crippen LogP contribution < -0.4 is 14.8 Å². The molecule has 1 atom stereocenters. The number of fused-ring (bicyclic) bond motifs is 1. The molecule has 0 radical (unpaired) electrons. The summed E-state index contributed by atoms with van der Waals surface area (Å²) in [7, 11) is 1.61. The molecule has 1 amide bonds. The van der Waals surface area contributed by atoms with Crippen LogP contribution in [0.4, 0.5) is 0 Å². The average Bonchev–Trinajstić information content (AvgIpc) is 3.37. The Kier molecular flexibility index (Phi) is 5.06. The quantitative estimate of drug-likeness (QED) is 0.702. The Morgan fingerprint density at radius 3 is 3.11 bits per heavy atom. The summed E-state index contributed by atoms with van der Waals surface area (Å²) in [5.74, 6) is 2.07. The minimum absolute atomic E-state index is 0.0897. The third kappa shape index (κ3) is 3.95. The van der Waals surface area contributed by atoms with E-state index in [9.17, 15) is 4.79 Å². The van der Waals surface area contributed by atoms with Gasteiger partial charge in [-0.3, -0.25) is 4.79 Å². The monoisotopic (exact) mass is 385 g/mol. The van der Waals surface area contributed by atoms with Crippen LogP contribution in [0, 0.1) is 5.92 Å². The number of rotatable bonds is 6. The van der Waals surface area contributed by atoms with Gasteiger partial charge in [0.25, 0.3) is 0 Å². The van der Waals surface area contributed by atoms with Gasteiger partial charge in [0, 0.05) is 4.88 Å². The van der Waals surface area contributed by atoms with Crippen LogP contribution in [0.2, 0.25) is 0 Å². The van der Waals surface area contributed by atoms with Crippen molar-refractivity contribution in [3.63, 3.8) is 0 Å². The summed E-state index contributed by atoms with van der Waals surface area (Å²) in [6, 6.07) is 9.70. The predicted molar refractivity (Wildman–Crippen MR) is 99.0 cm³/mol. The van der Waals surface area contributed by atoms with Gasteiger partial charge < -0.3 is 19.3 Å². The van der Waals surface area contributed by atoms with Crippen LogP contribution in [0.5, 0.6) is 11.5 Å². The molecular weight excluding hydrogens is 366 g/mol. The van der Waals surface area contributed by atoms with E-state index in [1.807, 2.05) is 35.7 Å². The van der Waals surface area contributed by atoms with Crippen molar-refractivity contribution >= 4 is 17.2 Å². The highest BCUT2D eigenvalue weighted by Crippen LogP contribution is 2.36. The minimum atomic E-state index is -0.262. The number of nitrogens with one attached hydrogen (secondary N) is 1. The molecule has 0 bridgehead atoms. The van der Waals surface area contributed by atoms with E-state index in [1.165, 1.54) is 0 Å². The second-order valence-corrected chi connectivity index (χ2v) is 7.27. The van der Waals surface area contributed by atoms with Crippen LogP contribution in [0.3, 0.4) is 0 Å². The van der Waals surface area contributed by atoms with Crippen molar-refractivity contribution in [3.8, 4) is 11.5 Å². The molecule has 27 heavy (non-hydrogen) atoms. The Labute approximate surface area is 160 Å². The fraction of sp³-hybridized carbons (Fsp3) is 0.316. The fourth-order valence-electron chi connectivity index (χ4n) is 3.03. The normalized spacial score (nSPS) is 15.7. The van der Waals surface area contributed by atoms with E-state index in [0.29, 0.717) is 36.9 Å². The van der Waals surface area contributed by atoms with Gasteiger partial charge in [0.2, 0.25) is 11.8 Å². The highest BCUT2D eigenvalue weighted by molar-refractivity contribution is 7.09. The molecule has 1 N–H and O–H groups in total. The number of hydrogen-bond donors (Lipinski definition) is 1. The van der Waals surface area contributed by atoms with Crippen molar-refractivity contribution in [1.29, 1.82) is 0 Å². The van der Waals surface area contributed by atoms with Crippen molar-refractivity contribution in [2.45, 2.75) is 19.4 Å². The lowest BCUT2D eigenvalue weighted by Gasteiger charge is -2.25. The smallest absolute Gasteiger partial charge is 0.231 e. The van der Waals surface area contributed by atoms with Crippen molar-refractivity contribution in [2.24, 2.45) is 5.92 Å². The van der Waals surface area contributed by atoms with Crippen LogP contribution in [0.1, 0.15) is 22.2 Å². The van der Waals surface area contributed by atoms with Gasteiger partial charge in [-0.2, -0.15) is 4.98 Å². The van der Waals surface area contributed by atoms with Gasteiger partial charge in [0.15, 0.2) is 17.3 Å². The summed E-state index contributed by atoms with van der Waals surface area (Å²) < 4.78 is 16.3. The number of para-hydroxylation sites is 1. The minimum Gasteiger partial charge on any atom is -0.493 e. The Hall–Kier alpha value is -2.87. The summed E-state index contributed by atoms with van der Waals surface area (Å²) >= 11 is 1.64. The van der Waals surface area contributed by atoms with E-state index >= 15 is 0 Å². The van der Waals surface area contributed by atoms with Crippen molar-refractivity contribution in [3.05, 3.63) is 57.9 Å². The van der Waals surface area contributed by atoms with Gasteiger partial charge in [-0.1, -0.05) is 23.4 Å². The van der Waals surface area contributed by atoms with Crippen LogP contribution in [-0.2, 0) is 24.2 Å². The Morgan fingerprint density at radius 1 is 1.37 bits per heavy atom. The summed E-state index contributed by atoms with van der Waals surface area (Å²) in [5.41, 5.74) is 0.971. The molecule has 140 valence electrons. The summed E-state index contributed by atoms with van der Waals surface area (Å²) in [5, 5.41) is 8.80. The summed E-state index contributed by atoms with van der Waals surface area (Å²) in [6.45, 7) is 0.545. The summed E-state index contributed by atoms with van der Waals surface area (Å²) in [6.07, 6.45) is 1.21. The van der Waals surface area contributed by atoms with Crippen molar-refractivity contribution < 1.29 is 18.8 Å². The zero-order valence-corrected chi connectivity index (χ0v) is 15.6. The molecule has 1 aliphatic rings. The molecule has 1 aromatic carbocycles. The molecule has 1 aliphatic heterocycles. The second-order valence-electron chi connectivity index (χ2n) is 6.24. The lowest BCUT2D eigenvalue weighted by Crippen LogP contribution is -2.37. The van der Waals surface area contributed by atoms with Gasteiger partial charge in [-0.05, 0) is 29.5 Å². The molecule has 4 rings (SSSR count). The predicted octanol–water partition coefficient (Wildman–Crippen LogP) is 2.60. The number of amides is 1. The highest BCUT2D eigenvalue weighted by Gasteiger charge is 2.28. The second kappa shape index (κ2) is 7.79. The first-order valence-corrected chi connectivity index (χ1v) is 9.51. The molecule has 1 unspecified atom stereocenters. The van der Waals surface area contributed by atoms with E-state index in [0.717, 1.165) is 16.2 Å². The Balaban J connectivity index is 1.33. The van der Waals surface area contributed by atoms with E-state index < -0.39 is 0 Å². The van der Waals surface area contributed by atoms with E-state index in [1.54, 1.807) is 18.4 Å². The molecule has 2 aromatic heterocycles. The number of aromatic nitrogens is 2. The lowest BCUT2D eigenvalue weighted by atomic mass is 9.95. The number of thiophene rings is 1. The van der Waals surface area contributed by atoms with E-state index in [-0.39, 0.29) is 18.4 Å². The van der Waals surface area contributed by atoms with E-state index in [2.05, 4.69) is 15.5 Å². The number of methoxy groups -OCH3 is 1. The molecule has 0 saturated heterocycles.